The third-order valence-corrected chi connectivity index (χ3v) is 6.43. The first-order valence-electron chi connectivity index (χ1n) is 11.4. The zero-order valence-corrected chi connectivity index (χ0v) is 20.5. The highest BCUT2D eigenvalue weighted by Gasteiger charge is 2.26. The van der Waals surface area contributed by atoms with E-state index in [0.29, 0.717) is 37.7 Å². The van der Waals surface area contributed by atoms with Crippen LogP contribution in [0.5, 0.6) is 5.75 Å². The molecule has 3 aromatic rings. The number of methoxy groups -OCH3 is 1. The van der Waals surface area contributed by atoms with Crippen LogP contribution >= 0.6 is 11.6 Å². The highest BCUT2D eigenvalue weighted by atomic mass is 35.5. The molecular weight excluding hydrogens is 466 g/mol. The third kappa shape index (κ3) is 5.82. The second-order valence-electron chi connectivity index (χ2n) is 8.22. The minimum atomic E-state index is -0.389. The lowest BCUT2D eigenvalue weighted by molar-refractivity contribution is -0.122. The van der Waals surface area contributed by atoms with Crippen LogP contribution in [0.3, 0.4) is 0 Å². The third-order valence-electron chi connectivity index (χ3n) is 6.04. The summed E-state index contributed by atoms with van der Waals surface area (Å²) < 4.78 is 10.8. The number of morpholine rings is 1. The molecule has 1 aliphatic heterocycles. The predicted octanol–water partition coefficient (Wildman–Crippen LogP) is 4.93. The van der Waals surface area contributed by atoms with Gasteiger partial charge in [0.15, 0.2) is 0 Å². The first-order valence-corrected chi connectivity index (χ1v) is 11.8. The van der Waals surface area contributed by atoms with Crippen molar-refractivity contribution in [2.75, 3.05) is 44.0 Å². The van der Waals surface area contributed by atoms with Crippen molar-refractivity contribution in [1.29, 1.82) is 0 Å². The SMILES string of the molecule is COc1ccc(C(=O)Nc2ccc(-c3ccccc3)cc2)c(Cl)c1NC(=O)C(C)N1CCOCC1. The van der Waals surface area contributed by atoms with E-state index in [0.717, 1.165) is 11.1 Å². The van der Waals surface area contributed by atoms with Crippen molar-refractivity contribution >= 4 is 34.8 Å². The molecule has 0 radical (unpaired) electrons. The highest BCUT2D eigenvalue weighted by molar-refractivity contribution is 6.38. The number of hydrogen-bond acceptors (Lipinski definition) is 5. The number of anilines is 2. The molecule has 35 heavy (non-hydrogen) atoms. The maximum absolute atomic E-state index is 13.0. The van der Waals surface area contributed by atoms with Gasteiger partial charge in [-0.2, -0.15) is 0 Å². The summed E-state index contributed by atoms with van der Waals surface area (Å²) >= 11 is 6.60. The molecule has 7 nitrogen and oxygen atoms in total. The standard InChI is InChI=1S/C27H28ClN3O4/c1-18(31-14-16-35-17-15-31)26(32)30-25-23(34-2)13-12-22(24(25)28)27(33)29-21-10-8-20(9-11-21)19-6-4-3-5-7-19/h3-13,18H,14-17H2,1-2H3,(H,29,33)(H,30,32). The first-order chi connectivity index (χ1) is 17.0. The van der Waals surface area contributed by atoms with Gasteiger partial charge < -0.3 is 20.1 Å². The molecule has 182 valence electrons. The number of nitrogens with zero attached hydrogens (tertiary/aromatic N) is 1. The van der Waals surface area contributed by atoms with Gasteiger partial charge in [-0.05, 0) is 42.3 Å². The lowest BCUT2D eigenvalue weighted by Gasteiger charge is -2.31. The Labute approximate surface area is 210 Å². The number of amides is 2. The Morgan fingerprint density at radius 3 is 2.26 bits per heavy atom. The summed E-state index contributed by atoms with van der Waals surface area (Å²) in [6, 6.07) is 20.4. The molecule has 1 aliphatic rings. The van der Waals surface area contributed by atoms with Gasteiger partial charge in [0.2, 0.25) is 5.91 Å². The summed E-state index contributed by atoms with van der Waals surface area (Å²) in [5, 5.41) is 5.84. The molecule has 4 rings (SSSR count). The number of nitrogens with one attached hydrogen (secondary N) is 2. The van der Waals surface area contributed by atoms with Crippen LogP contribution in [0.1, 0.15) is 17.3 Å². The molecule has 0 aliphatic carbocycles. The van der Waals surface area contributed by atoms with Gasteiger partial charge in [0, 0.05) is 18.8 Å². The summed E-state index contributed by atoms with van der Waals surface area (Å²) in [6.45, 7) is 4.35. The van der Waals surface area contributed by atoms with Crippen molar-refractivity contribution in [3.05, 3.63) is 77.3 Å². The average Bonchev–Trinajstić information content (AvgIpc) is 2.90. The maximum Gasteiger partial charge on any atom is 0.257 e. The topological polar surface area (TPSA) is 79.9 Å². The van der Waals surface area contributed by atoms with Crippen LogP contribution in [0.15, 0.2) is 66.7 Å². The Bertz CT molecular complexity index is 1180. The van der Waals surface area contributed by atoms with Gasteiger partial charge in [-0.15, -0.1) is 0 Å². The van der Waals surface area contributed by atoms with Crippen molar-refractivity contribution in [1.82, 2.24) is 4.90 Å². The summed E-state index contributed by atoms with van der Waals surface area (Å²) in [5.74, 6) is -0.246. The van der Waals surface area contributed by atoms with E-state index in [9.17, 15) is 9.59 Å². The van der Waals surface area contributed by atoms with Gasteiger partial charge >= 0.3 is 0 Å². The number of carbonyl (C=O) groups is 2. The molecule has 1 heterocycles. The van der Waals surface area contributed by atoms with E-state index in [1.54, 1.807) is 12.1 Å². The Balaban J connectivity index is 1.50. The molecule has 1 unspecified atom stereocenters. The van der Waals surface area contributed by atoms with E-state index in [2.05, 4.69) is 10.6 Å². The molecule has 1 fully saturated rings. The summed E-state index contributed by atoms with van der Waals surface area (Å²) in [7, 11) is 1.49. The van der Waals surface area contributed by atoms with Gasteiger partial charge in [0.25, 0.3) is 5.91 Å². The zero-order chi connectivity index (χ0) is 24.8. The summed E-state index contributed by atoms with van der Waals surface area (Å²) in [6.07, 6.45) is 0. The Hall–Kier alpha value is -3.39. The molecule has 0 saturated carbocycles. The van der Waals surface area contributed by atoms with Crippen LogP contribution in [0, 0.1) is 0 Å². The fraction of sp³-hybridized carbons (Fsp3) is 0.259. The highest BCUT2D eigenvalue weighted by Crippen LogP contribution is 2.36. The van der Waals surface area contributed by atoms with Crippen LogP contribution in [0.4, 0.5) is 11.4 Å². The summed E-state index contributed by atoms with van der Waals surface area (Å²) in [4.78, 5) is 28.0. The molecule has 3 aromatic carbocycles. The lowest BCUT2D eigenvalue weighted by Crippen LogP contribution is -2.47. The second-order valence-corrected chi connectivity index (χ2v) is 8.59. The number of benzene rings is 3. The molecule has 1 atom stereocenters. The van der Waals surface area contributed by atoms with Crippen LogP contribution in [-0.2, 0) is 9.53 Å². The summed E-state index contributed by atoms with van der Waals surface area (Å²) in [5.41, 5.74) is 3.27. The molecule has 0 aromatic heterocycles. The Morgan fingerprint density at radius 2 is 1.60 bits per heavy atom. The van der Waals surface area contributed by atoms with Crippen molar-refractivity contribution in [2.24, 2.45) is 0 Å². The number of rotatable bonds is 7. The van der Waals surface area contributed by atoms with E-state index in [-0.39, 0.29) is 34.1 Å². The molecule has 0 bridgehead atoms. The molecule has 2 N–H and O–H groups in total. The van der Waals surface area contributed by atoms with Crippen LogP contribution in [-0.4, -0.2) is 56.2 Å². The van der Waals surface area contributed by atoms with Gasteiger partial charge in [-0.3, -0.25) is 14.5 Å². The smallest absolute Gasteiger partial charge is 0.257 e. The largest absolute Gasteiger partial charge is 0.495 e. The maximum atomic E-state index is 13.0. The van der Waals surface area contributed by atoms with E-state index < -0.39 is 0 Å². The van der Waals surface area contributed by atoms with Crippen molar-refractivity contribution < 1.29 is 19.1 Å². The van der Waals surface area contributed by atoms with Gasteiger partial charge in [0.05, 0.1) is 37.0 Å². The van der Waals surface area contributed by atoms with Crippen LogP contribution < -0.4 is 15.4 Å². The van der Waals surface area contributed by atoms with Crippen molar-refractivity contribution in [3.8, 4) is 16.9 Å². The fourth-order valence-corrected chi connectivity index (χ4v) is 4.24. The molecule has 0 spiro atoms. The van der Waals surface area contributed by atoms with E-state index in [4.69, 9.17) is 21.1 Å². The molecule has 2 amide bonds. The second kappa shape index (κ2) is 11.4. The van der Waals surface area contributed by atoms with E-state index in [1.807, 2.05) is 66.4 Å². The zero-order valence-electron chi connectivity index (χ0n) is 19.7. The number of halogens is 1. The number of ether oxygens (including phenoxy) is 2. The van der Waals surface area contributed by atoms with Crippen molar-refractivity contribution in [2.45, 2.75) is 13.0 Å². The normalized spacial score (nSPS) is 14.7. The first kappa shape index (κ1) is 24.7. The number of hydrogen-bond donors (Lipinski definition) is 2. The van der Waals surface area contributed by atoms with E-state index in [1.165, 1.54) is 7.11 Å². The predicted molar refractivity (Wildman–Crippen MR) is 138 cm³/mol. The monoisotopic (exact) mass is 493 g/mol. The minimum Gasteiger partial charge on any atom is -0.495 e. The number of carbonyl (C=O) groups excluding carboxylic acids is 2. The van der Waals surface area contributed by atoms with Crippen LogP contribution in [0.2, 0.25) is 5.02 Å². The Kier molecular flexibility index (Phi) is 8.02. The quantitative estimate of drug-likeness (QED) is 0.488. The lowest BCUT2D eigenvalue weighted by atomic mass is 10.1. The van der Waals surface area contributed by atoms with Gasteiger partial charge in [-0.1, -0.05) is 54.1 Å². The average molecular weight is 494 g/mol. The molecular formula is C27H28ClN3O4. The van der Waals surface area contributed by atoms with E-state index >= 15 is 0 Å². The molecule has 8 heteroatoms. The minimum absolute atomic E-state index is 0.116. The van der Waals surface area contributed by atoms with Crippen molar-refractivity contribution in [3.63, 3.8) is 0 Å². The van der Waals surface area contributed by atoms with Gasteiger partial charge in [-0.25, -0.2) is 0 Å². The Morgan fingerprint density at radius 1 is 0.943 bits per heavy atom. The fourth-order valence-electron chi connectivity index (χ4n) is 3.95. The molecule has 1 saturated heterocycles. The van der Waals surface area contributed by atoms with Gasteiger partial charge in [0.1, 0.15) is 11.4 Å². The van der Waals surface area contributed by atoms with Crippen LogP contribution in [0.25, 0.3) is 11.1 Å².